The fourth-order valence-corrected chi connectivity index (χ4v) is 1.10. The van der Waals surface area contributed by atoms with Crippen LogP contribution in [0.3, 0.4) is 0 Å². The molecule has 0 saturated carbocycles. The zero-order chi connectivity index (χ0) is 10.4. The molecule has 0 amide bonds. The fraction of sp³-hybridized carbons (Fsp3) is 0.545. The third-order valence-corrected chi connectivity index (χ3v) is 2.55. The minimum Gasteiger partial charge on any atom is -0.476 e. The summed E-state index contributed by atoms with van der Waals surface area (Å²) in [7, 11) is 0. The van der Waals surface area contributed by atoms with Gasteiger partial charge >= 0.3 is 0 Å². The Hall–Kier alpha value is -1.09. The smallest absolute Gasteiger partial charge is 0.213 e. The van der Waals surface area contributed by atoms with Crippen molar-refractivity contribution in [2.24, 2.45) is 5.73 Å². The van der Waals surface area contributed by atoms with Gasteiger partial charge in [0.05, 0.1) is 0 Å². The fourth-order valence-electron chi connectivity index (χ4n) is 1.10. The predicted molar refractivity (Wildman–Crippen MR) is 57.2 cm³/mol. The van der Waals surface area contributed by atoms with Gasteiger partial charge in [-0.2, -0.15) is 0 Å². The van der Waals surface area contributed by atoms with Gasteiger partial charge in [0, 0.05) is 17.8 Å². The minimum atomic E-state index is -0.225. The molecule has 2 N–H and O–H groups in total. The highest BCUT2D eigenvalue weighted by molar-refractivity contribution is 5.09. The van der Waals surface area contributed by atoms with Crippen molar-refractivity contribution in [3.63, 3.8) is 0 Å². The van der Waals surface area contributed by atoms with Crippen LogP contribution >= 0.6 is 0 Å². The first-order valence-electron chi connectivity index (χ1n) is 5.03. The second kappa shape index (κ2) is 4.96. The Kier molecular flexibility index (Phi) is 3.89. The second-order valence-electron chi connectivity index (χ2n) is 3.53. The van der Waals surface area contributed by atoms with Crippen LogP contribution in [-0.2, 0) is 0 Å². The van der Waals surface area contributed by atoms with Crippen molar-refractivity contribution in [2.45, 2.75) is 32.2 Å². The molecule has 3 heteroatoms. The summed E-state index contributed by atoms with van der Waals surface area (Å²) in [6, 6.07) is 5.60. The van der Waals surface area contributed by atoms with E-state index in [2.05, 4.69) is 18.8 Å². The maximum absolute atomic E-state index is 6.09. The first kappa shape index (κ1) is 11.0. The number of rotatable bonds is 5. The lowest BCUT2D eigenvalue weighted by Crippen LogP contribution is -2.44. The molecule has 1 aromatic heterocycles. The summed E-state index contributed by atoms with van der Waals surface area (Å²) >= 11 is 0. The van der Waals surface area contributed by atoms with E-state index < -0.39 is 0 Å². The number of pyridine rings is 1. The van der Waals surface area contributed by atoms with Crippen molar-refractivity contribution in [3.8, 4) is 5.88 Å². The minimum absolute atomic E-state index is 0.225. The molecule has 0 bridgehead atoms. The molecule has 0 aliphatic heterocycles. The van der Waals surface area contributed by atoms with Gasteiger partial charge in [-0.25, -0.2) is 4.98 Å². The van der Waals surface area contributed by atoms with Crippen LogP contribution in [0.5, 0.6) is 5.88 Å². The van der Waals surface area contributed by atoms with E-state index in [0.717, 1.165) is 12.8 Å². The molecule has 3 nitrogen and oxygen atoms in total. The monoisotopic (exact) mass is 194 g/mol. The van der Waals surface area contributed by atoms with Gasteiger partial charge in [0.25, 0.3) is 0 Å². The summed E-state index contributed by atoms with van der Waals surface area (Å²) in [4.78, 5) is 4.07. The van der Waals surface area contributed by atoms with E-state index in [0.29, 0.717) is 12.5 Å². The van der Waals surface area contributed by atoms with E-state index in [4.69, 9.17) is 10.5 Å². The predicted octanol–water partition coefficient (Wildman–Crippen LogP) is 1.98. The summed E-state index contributed by atoms with van der Waals surface area (Å²) in [5, 5.41) is 0. The summed E-state index contributed by atoms with van der Waals surface area (Å²) in [6.07, 6.45) is 3.54. The largest absolute Gasteiger partial charge is 0.476 e. The number of ether oxygens (including phenoxy) is 1. The van der Waals surface area contributed by atoms with Crippen LogP contribution in [0.25, 0.3) is 0 Å². The van der Waals surface area contributed by atoms with E-state index in [1.165, 1.54) is 0 Å². The van der Waals surface area contributed by atoms with Crippen molar-refractivity contribution < 1.29 is 4.74 Å². The molecule has 0 radical (unpaired) electrons. The standard InChI is InChI=1S/C11H18N2O/c1-3-11(12,4-2)9-14-10-7-5-6-8-13-10/h5-8H,3-4,9,12H2,1-2H3. The van der Waals surface area contributed by atoms with Crippen molar-refractivity contribution in [3.05, 3.63) is 24.4 Å². The molecule has 78 valence electrons. The third-order valence-electron chi connectivity index (χ3n) is 2.55. The number of aromatic nitrogens is 1. The van der Waals surface area contributed by atoms with Crippen LogP contribution in [0.15, 0.2) is 24.4 Å². The Morgan fingerprint density at radius 3 is 2.57 bits per heavy atom. The molecule has 0 fully saturated rings. The molecule has 1 aromatic rings. The van der Waals surface area contributed by atoms with Gasteiger partial charge in [-0.3, -0.25) is 0 Å². The van der Waals surface area contributed by atoms with Gasteiger partial charge in [-0.15, -0.1) is 0 Å². The Bertz CT molecular complexity index is 257. The van der Waals surface area contributed by atoms with Gasteiger partial charge in [-0.05, 0) is 18.9 Å². The summed E-state index contributed by atoms with van der Waals surface area (Å²) in [5.74, 6) is 0.643. The van der Waals surface area contributed by atoms with Crippen LogP contribution in [0.2, 0.25) is 0 Å². The highest BCUT2D eigenvalue weighted by Gasteiger charge is 2.21. The Balaban J connectivity index is 2.48. The molecule has 0 spiro atoms. The number of nitrogens with zero attached hydrogens (tertiary/aromatic N) is 1. The Morgan fingerprint density at radius 2 is 2.07 bits per heavy atom. The molecular formula is C11H18N2O. The summed E-state index contributed by atoms with van der Waals surface area (Å²) in [6.45, 7) is 4.67. The van der Waals surface area contributed by atoms with Gasteiger partial charge in [0.15, 0.2) is 0 Å². The lowest BCUT2D eigenvalue weighted by molar-refractivity contribution is 0.201. The SMILES string of the molecule is CCC(N)(CC)COc1ccccn1. The zero-order valence-electron chi connectivity index (χ0n) is 8.86. The van der Waals surface area contributed by atoms with Crippen LogP contribution in [0.4, 0.5) is 0 Å². The van der Waals surface area contributed by atoms with E-state index in [1.54, 1.807) is 6.20 Å². The number of hydrogen-bond donors (Lipinski definition) is 1. The zero-order valence-corrected chi connectivity index (χ0v) is 8.86. The summed E-state index contributed by atoms with van der Waals surface area (Å²) < 4.78 is 5.52. The average Bonchev–Trinajstić information content (AvgIpc) is 2.27. The molecule has 0 aliphatic carbocycles. The molecule has 1 heterocycles. The molecule has 14 heavy (non-hydrogen) atoms. The van der Waals surface area contributed by atoms with Crippen LogP contribution in [0, 0.1) is 0 Å². The van der Waals surface area contributed by atoms with Crippen LogP contribution < -0.4 is 10.5 Å². The van der Waals surface area contributed by atoms with Crippen molar-refractivity contribution in [1.29, 1.82) is 0 Å². The first-order chi connectivity index (χ1) is 6.70. The third kappa shape index (κ3) is 3.00. The van der Waals surface area contributed by atoms with Crippen molar-refractivity contribution >= 4 is 0 Å². The van der Waals surface area contributed by atoms with Crippen molar-refractivity contribution in [2.75, 3.05) is 6.61 Å². The molecule has 0 aliphatic rings. The Morgan fingerprint density at radius 1 is 1.36 bits per heavy atom. The molecule has 0 saturated heterocycles. The molecule has 1 rings (SSSR count). The molecule has 0 aromatic carbocycles. The van der Waals surface area contributed by atoms with Crippen LogP contribution in [0.1, 0.15) is 26.7 Å². The van der Waals surface area contributed by atoms with E-state index >= 15 is 0 Å². The quantitative estimate of drug-likeness (QED) is 0.779. The van der Waals surface area contributed by atoms with E-state index in [9.17, 15) is 0 Å². The van der Waals surface area contributed by atoms with E-state index in [1.807, 2.05) is 18.2 Å². The van der Waals surface area contributed by atoms with Crippen LogP contribution in [-0.4, -0.2) is 17.1 Å². The highest BCUT2D eigenvalue weighted by atomic mass is 16.5. The maximum atomic E-state index is 6.09. The number of nitrogens with two attached hydrogens (primary N) is 1. The van der Waals surface area contributed by atoms with Gasteiger partial charge in [-0.1, -0.05) is 19.9 Å². The highest BCUT2D eigenvalue weighted by Crippen LogP contribution is 2.13. The molecule has 0 unspecified atom stereocenters. The van der Waals surface area contributed by atoms with Crippen molar-refractivity contribution in [1.82, 2.24) is 4.98 Å². The lowest BCUT2D eigenvalue weighted by atomic mass is 9.96. The van der Waals surface area contributed by atoms with Gasteiger partial charge < -0.3 is 10.5 Å². The second-order valence-corrected chi connectivity index (χ2v) is 3.53. The molecular weight excluding hydrogens is 176 g/mol. The van der Waals surface area contributed by atoms with E-state index in [-0.39, 0.29) is 5.54 Å². The van der Waals surface area contributed by atoms with Gasteiger partial charge in [0.2, 0.25) is 5.88 Å². The first-order valence-corrected chi connectivity index (χ1v) is 5.03. The maximum Gasteiger partial charge on any atom is 0.213 e. The average molecular weight is 194 g/mol. The van der Waals surface area contributed by atoms with Gasteiger partial charge in [0.1, 0.15) is 6.61 Å². The Labute approximate surface area is 85.3 Å². The summed E-state index contributed by atoms with van der Waals surface area (Å²) in [5.41, 5.74) is 5.87. The lowest BCUT2D eigenvalue weighted by Gasteiger charge is -2.25. The molecule has 0 atom stereocenters. The number of hydrogen-bond acceptors (Lipinski definition) is 3. The topological polar surface area (TPSA) is 48.1 Å². The normalized spacial score (nSPS) is 11.4.